The van der Waals surface area contributed by atoms with Crippen LogP contribution in [0.3, 0.4) is 0 Å². The molecule has 0 aliphatic carbocycles. The maximum absolute atomic E-state index is 12.6. The predicted octanol–water partition coefficient (Wildman–Crippen LogP) is 4.86. The number of aromatic amines is 1. The fourth-order valence-electron chi connectivity index (χ4n) is 3.41. The number of fused-ring (bicyclic) bond motifs is 1. The van der Waals surface area contributed by atoms with Crippen molar-refractivity contribution in [2.75, 3.05) is 13.7 Å². The Morgan fingerprint density at radius 3 is 2.74 bits per heavy atom. The lowest BCUT2D eigenvalue weighted by molar-refractivity contribution is -0.121. The van der Waals surface area contributed by atoms with E-state index in [0.717, 1.165) is 40.7 Å². The van der Waals surface area contributed by atoms with E-state index < -0.39 is 0 Å². The molecule has 1 heterocycles. The number of amides is 1. The third-order valence-electron chi connectivity index (χ3n) is 4.93. The Balaban J connectivity index is 1.90. The van der Waals surface area contributed by atoms with Crippen molar-refractivity contribution in [3.63, 3.8) is 0 Å². The van der Waals surface area contributed by atoms with Crippen LogP contribution in [0, 0.1) is 5.92 Å². The Hall–Kier alpha value is -2.75. The van der Waals surface area contributed by atoms with E-state index >= 15 is 0 Å². The molecule has 1 unspecified atom stereocenters. The van der Waals surface area contributed by atoms with Crippen molar-refractivity contribution in [2.45, 2.75) is 32.6 Å². The van der Waals surface area contributed by atoms with E-state index in [1.807, 2.05) is 36.5 Å². The summed E-state index contributed by atoms with van der Waals surface area (Å²) in [6.45, 7) is 5.05. The van der Waals surface area contributed by atoms with Gasteiger partial charge in [0.05, 0.1) is 7.11 Å². The molecule has 2 aromatic carbocycles. The van der Waals surface area contributed by atoms with Gasteiger partial charge in [-0.2, -0.15) is 0 Å². The number of benzene rings is 2. The van der Waals surface area contributed by atoms with Crippen LogP contribution in [0.15, 0.2) is 54.7 Å². The summed E-state index contributed by atoms with van der Waals surface area (Å²) in [4.78, 5) is 16.0. The van der Waals surface area contributed by atoms with Crippen molar-refractivity contribution in [3.05, 3.63) is 65.9 Å². The number of H-pyrrole nitrogens is 1. The molecule has 1 aromatic heterocycles. The second-order valence-electron chi connectivity index (χ2n) is 7.36. The molecule has 27 heavy (non-hydrogen) atoms. The van der Waals surface area contributed by atoms with Crippen molar-refractivity contribution < 1.29 is 9.53 Å². The van der Waals surface area contributed by atoms with Crippen LogP contribution < -0.4 is 10.1 Å². The molecular formula is C23H28N2O2. The average Bonchev–Trinajstić information content (AvgIpc) is 3.10. The summed E-state index contributed by atoms with van der Waals surface area (Å²) in [5, 5.41) is 4.23. The number of hydrogen-bond donors (Lipinski definition) is 2. The SMILES string of the molecule is COc1cccc(C(CC(=O)NCCC(C)C)c2c[nH]c3ccccc23)c1. The number of methoxy groups -OCH3 is 1. The van der Waals surface area contributed by atoms with Crippen molar-refractivity contribution in [1.29, 1.82) is 0 Å². The highest BCUT2D eigenvalue weighted by molar-refractivity contribution is 5.86. The van der Waals surface area contributed by atoms with Crippen LogP contribution in [-0.4, -0.2) is 24.5 Å². The lowest BCUT2D eigenvalue weighted by Gasteiger charge is -2.18. The molecule has 0 saturated heterocycles. The van der Waals surface area contributed by atoms with Gasteiger partial charge < -0.3 is 15.0 Å². The first-order valence-electron chi connectivity index (χ1n) is 9.55. The Morgan fingerprint density at radius 2 is 1.96 bits per heavy atom. The Kier molecular flexibility index (Phi) is 6.17. The van der Waals surface area contributed by atoms with Gasteiger partial charge in [-0.15, -0.1) is 0 Å². The zero-order chi connectivity index (χ0) is 19.2. The van der Waals surface area contributed by atoms with E-state index in [9.17, 15) is 4.79 Å². The largest absolute Gasteiger partial charge is 0.497 e. The monoisotopic (exact) mass is 364 g/mol. The fourth-order valence-corrected chi connectivity index (χ4v) is 3.41. The number of ether oxygens (including phenoxy) is 1. The van der Waals surface area contributed by atoms with Crippen molar-refractivity contribution in [3.8, 4) is 5.75 Å². The minimum Gasteiger partial charge on any atom is -0.497 e. The van der Waals surface area contributed by atoms with Gasteiger partial charge in [0.25, 0.3) is 0 Å². The van der Waals surface area contributed by atoms with Crippen LogP contribution in [0.4, 0.5) is 0 Å². The average molecular weight is 364 g/mol. The van der Waals surface area contributed by atoms with Gasteiger partial charge in [-0.1, -0.05) is 44.2 Å². The summed E-state index contributed by atoms with van der Waals surface area (Å²) in [5.74, 6) is 1.43. The number of carbonyl (C=O) groups excluding carboxylic acids is 1. The lowest BCUT2D eigenvalue weighted by atomic mass is 9.88. The second-order valence-corrected chi connectivity index (χ2v) is 7.36. The third-order valence-corrected chi connectivity index (χ3v) is 4.93. The standard InChI is InChI=1S/C23H28N2O2/c1-16(2)11-12-24-23(26)14-20(17-7-6-8-18(13-17)27-3)21-15-25-22-10-5-4-9-19(21)22/h4-10,13,15-16,20,25H,11-12,14H2,1-3H3,(H,24,26). The van der Waals surface area contributed by atoms with Crippen LogP contribution in [0.25, 0.3) is 10.9 Å². The number of rotatable bonds is 8. The molecule has 3 aromatic rings. The summed E-state index contributed by atoms with van der Waals surface area (Å²) in [5.41, 5.74) is 3.30. The molecule has 0 radical (unpaired) electrons. The molecule has 142 valence electrons. The van der Waals surface area contributed by atoms with Crippen molar-refractivity contribution >= 4 is 16.8 Å². The molecule has 2 N–H and O–H groups in total. The molecule has 1 atom stereocenters. The van der Waals surface area contributed by atoms with Crippen LogP contribution in [0.5, 0.6) is 5.75 Å². The van der Waals surface area contributed by atoms with Gasteiger partial charge in [0, 0.05) is 36.0 Å². The van der Waals surface area contributed by atoms with Crippen LogP contribution >= 0.6 is 0 Å². The number of aromatic nitrogens is 1. The molecule has 4 nitrogen and oxygen atoms in total. The van der Waals surface area contributed by atoms with Gasteiger partial charge in [-0.25, -0.2) is 0 Å². The first-order valence-corrected chi connectivity index (χ1v) is 9.55. The highest BCUT2D eigenvalue weighted by atomic mass is 16.5. The molecule has 0 fully saturated rings. The normalized spacial score (nSPS) is 12.3. The number of nitrogens with one attached hydrogen (secondary N) is 2. The number of para-hydroxylation sites is 1. The zero-order valence-corrected chi connectivity index (χ0v) is 16.3. The molecule has 0 spiro atoms. The summed E-state index contributed by atoms with van der Waals surface area (Å²) in [6, 6.07) is 16.2. The highest BCUT2D eigenvalue weighted by Crippen LogP contribution is 2.34. The molecule has 0 aliphatic heterocycles. The summed E-state index contributed by atoms with van der Waals surface area (Å²) >= 11 is 0. The smallest absolute Gasteiger partial charge is 0.220 e. The van der Waals surface area contributed by atoms with E-state index in [1.165, 1.54) is 0 Å². The van der Waals surface area contributed by atoms with Gasteiger partial charge >= 0.3 is 0 Å². The summed E-state index contributed by atoms with van der Waals surface area (Å²) in [7, 11) is 1.67. The zero-order valence-electron chi connectivity index (χ0n) is 16.3. The predicted molar refractivity (Wildman–Crippen MR) is 110 cm³/mol. The molecule has 4 heteroatoms. The molecular weight excluding hydrogens is 336 g/mol. The minimum atomic E-state index is -0.0321. The fraction of sp³-hybridized carbons (Fsp3) is 0.348. The van der Waals surface area contributed by atoms with Crippen molar-refractivity contribution in [1.82, 2.24) is 10.3 Å². The number of hydrogen-bond acceptors (Lipinski definition) is 2. The summed E-state index contributed by atoms with van der Waals surface area (Å²) < 4.78 is 5.40. The van der Waals surface area contributed by atoms with Crippen molar-refractivity contribution in [2.24, 2.45) is 5.92 Å². The summed E-state index contributed by atoms with van der Waals surface area (Å²) in [6.07, 6.45) is 3.42. The Labute approximate surface area is 160 Å². The third kappa shape index (κ3) is 4.70. The second kappa shape index (κ2) is 8.76. The molecule has 3 rings (SSSR count). The quantitative estimate of drug-likeness (QED) is 0.600. The van der Waals surface area contributed by atoms with E-state index in [4.69, 9.17) is 4.74 Å². The van der Waals surface area contributed by atoms with E-state index in [2.05, 4.69) is 42.3 Å². The molecule has 0 saturated carbocycles. The van der Waals surface area contributed by atoms with Gasteiger partial charge in [0.15, 0.2) is 0 Å². The van der Waals surface area contributed by atoms with Gasteiger partial charge in [-0.3, -0.25) is 4.79 Å². The molecule has 0 aliphatic rings. The van der Waals surface area contributed by atoms with Crippen LogP contribution in [0.2, 0.25) is 0 Å². The van der Waals surface area contributed by atoms with E-state index in [-0.39, 0.29) is 11.8 Å². The van der Waals surface area contributed by atoms with E-state index in [0.29, 0.717) is 12.3 Å². The number of carbonyl (C=O) groups is 1. The van der Waals surface area contributed by atoms with Gasteiger partial charge in [0.2, 0.25) is 5.91 Å². The van der Waals surface area contributed by atoms with Crippen LogP contribution in [0.1, 0.15) is 43.7 Å². The molecule has 0 bridgehead atoms. The van der Waals surface area contributed by atoms with Gasteiger partial charge in [-0.05, 0) is 41.7 Å². The Bertz CT molecular complexity index is 898. The minimum absolute atomic E-state index is 0.0321. The first kappa shape index (κ1) is 19.0. The van der Waals surface area contributed by atoms with Gasteiger partial charge in [0.1, 0.15) is 5.75 Å². The van der Waals surface area contributed by atoms with E-state index in [1.54, 1.807) is 7.11 Å². The maximum Gasteiger partial charge on any atom is 0.220 e. The molecule has 1 amide bonds. The first-order chi connectivity index (χ1) is 13.1. The van der Waals surface area contributed by atoms with Crippen LogP contribution in [-0.2, 0) is 4.79 Å². The highest BCUT2D eigenvalue weighted by Gasteiger charge is 2.21. The topological polar surface area (TPSA) is 54.1 Å². The maximum atomic E-state index is 12.6. The Morgan fingerprint density at radius 1 is 1.15 bits per heavy atom. The lowest BCUT2D eigenvalue weighted by Crippen LogP contribution is -2.27.